The second kappa shape index (κ2) is 7.45. The average Bonchev–Trinajstić information content (AvgIpc) is 3.13. The Morgan fingerprint density at radius 2 is 2.07 bits per heavy atom. The van der Waals surface area contributed by atoms with Crippen molar-refractivity contribution in [1.29, 1.82) is 0 Å². The summed E-state index contributed by atoms with van der Waals surface area (Å²) in [4.78, 5) is 30.0. The molecule has 2 heterocycles. The molecule has 0 saturated carbocycles. The van der Waals surface area contributed by atoms with E-state index in [2.05, 4.69) is 10.3 Å². The number of benzene rings is 2. The third-order valence-corrected chi connectivity index (χ3v) is 4.53. The van der Waals surface area contributed by atoms with E-state index in [0.29, 0.717) is 12.2 Å². The van der Waals surface area contributed by atoms with E-state index in [1.165, 1.54) is 0 Å². The van der Waals surface area contributed by atoms with Gasteiger partial charge in [0, 0.05) is 53.6 Å². The van der Waals surface area contributed by atoms with Crippen molar-refractivity contribution in [2.45, 2.75) is 12.8 Å². The van der Waals surface area contributed by atoms with Gasteiger partial charge in [0.15, 0.2) is 6.61 Å². The van der Waals surface area contributed by atoms with Crippen LogP contribution < -0.4 is 15.0 Å². The number of pyridine rings is 1. The second-order valence-electron chi connectivity index (χ2n) is 6.39. The van der Waals surface area contributed by atoms with Crippen LogP contribution in [0.25, 0.3) is 10.8 Å². The summed E-state index contributed by atoms with van der Waals surface area (Å²) >= 11 is 0. The Kier molecular flexibility index (Phi) is 4.70. The van der Waals surface area contributed by atoms with Gasteiger partial charge in [-0.25, -0.2) is 0 Å². The first kappa shape index (κ1) is 17.0. The topological polar surface area (TPSA) is 71.5 Å². The summed E-state index contributed by atoms with van der Waals surface area (Å²) in [5, 5.41) is 4.76. The molecule has 3 aromatic rings. The lowest BCUT2D eigenvalue weighted by molar-refractivity contribution is -0.118. The Bertz CT molecular complexity index is 997. The Labute approximate surface area is 156 Å². The molecule has 0 atom stereocenters. The normalized spacial score (nSPS) is 13.8. The van der Waals surface area contributed by atoms with Crippen molar-refractivity contribution in [2.24, 2.45) is 0 Å². The molecule has 1 saturated heterocycles. The third kappa shape index (κ3) is 3.74. The molecule has 0 radical (unpaired) electrons. The molecular weight excluding hydrogens is 342 g/mol. The lowest BCUT2D eigenvalue weighted by Gasteiger charge is -2.16. The summed E-state index contributed by atoms with van der Waals surface area (Å²) in [6, 6.07) is 14.8. The molecule has 1 aromatic heterocycles. The van der Waals surface area contributed by atoms with Crippen molar-refractivity contribution in [3.8, 4) is 5.75 Å². The summed E-state index contributed by atoms with van der Waals surface area (Å²) in [6.07, 6.45) is 4.90. The summed E-state index contributed by atoms with van der Waals surface area (Å²) < 4.78 is 5.63. The van der Waals surface area contributed by atoms with Crippen molar-refractivity contribution in [3.63, 3.8) is 0 Å². The highest BCUT2D eigenvalue weighted by atomic mass is 16.5. The van der Waals surface area contributed by atoms with Gasteiger partial charge in [-0.1, -0.05) is 18.2 Å². The molecule has 27 heavy (non-hydrogen) atoms. The Balaban J connectivity index is 1.41. The molecule has 136 valence electrons. The average molecular weight is 361 g/mol. The van der Waals surface area contributed by atoms with Gasteiger partial charge in [-0.05, 0) is 30.7 Å². The molecule has 0 spiro atoms. The molecule has 6 nitrogen and oxygen atoms in total. The zero-order valence-electron chi connectivity index (χ0n) is 14.7. The fraction of sp³-hybridized carbons (Fsp3) is 0.190. The van der Waals surface area contributed by atoms with Crippen molar-refractivity contribution in [3.05, 3.63) is 60.9 Å². The first-order valence-corrected chi connectivity index (χ1v) is 8.86. The maximum atomic E-state index is 12.3. The van der Waals surface area contributed by atoms with Crippen LogP contribution in [0.4, 0.5) is 11.4 Å². The van der Waals surface area contributed by atoms with E-state index in [1.807, 2.05) is 36.4 Å². The molecule has 2 aromatic carbocycles. The molecule has 2 amide bonds. The molecule has 0 bridgehead atoms. The molecule has 1 N–H and O–H groups in total. The van der Waals surface area contributed by atoms with Crippen LogP contribution in [0.15, 0.2) is 60.9 Å². The smallest absolute Gasteiger partial charge is 0.262 e. The van der Waals surface area contributed by atoms with E-state index in [-0.39, 0.29) is 18.4 Å². The molecule has 1 fully saturated rings. The van der Waals surface area contributed by atoms with Gasteiger partial charge in [0.1, 0.15) is 5.75 Å². The van der Waals surface area contributed by atoms with Crippen molar-refractivity contribution >= 4 is 34.0 Å². The molecule has 1 aliphatic heterocycles. The largest absolute Gasteiger partial charge is 0.484 e. The number of anilines is 2. The number of fused-ring (bicyclic) bond motifs is 1. The fourth-order valence-corrected chi connectivity index (χ4v) is 3.23. The van der Waals surface area contributed by atoms with E-state index in [9.17, 15) is 9.59 Å². The number of hydrogen-bond acceptors (Lipinski definition) is 4. The molecule has 6 heteroatoms. The summed E-state index contributed by atoms with van der Waals surface area (Å²) in [7, 11) is 0. The van der Waals surface area contributed by atoms with Crippen LogP contribution in [0, 0.1) is 0 Å². The number of aromatic nitrogens is 1. The van der Waals surface area contributed by atoms with E-state index >= 15 is 0 Å². The number of carbonyl (C=O) groups excluding carboxylic acids is 2. The van der Waals surface area contributed by atoms with E-state index in [4.69, 9.17) is 4.74 Å². The van der Waals surface area contributed by atoms with Crippen molar-refractivity contribution < 1.29 is 14.3 Å². The first-order valence-electron chi connectivity index (χ1n) is 8.86. The van der Waals surface area contributed by atoms with Gasteiger partial charge in [0.25, 0.3) is 5.91 Å². The van der Waals surface area contributed by atoms with Gasteiger partial charge >= 0.3 is 0 Å². The van der Waals surface area contributed by atoms with Gasteiger partial charge in [-0.2, -0.15) is 0 Å². The summed E-state index contributed by atoms with van der Waals surface area (Å²) in [6.45, 7) is 0.609. The number of rotatable bonds is 5. The Morgan fingerprint density at radius 1 is 1.19 bits per heavy atom. The molecule has 0 unspecified atom stereocenters. The third-order valence-electron chi connectivity index (χ3n) is 4.53. The highest BCUT2D eigenvalue weighted by Crippen LogP contribution is 2.26. The SMILES string of the molecule is O=C(COc1cccc(N2CCCC2=O)c1)Nc1cccc2cnccc12. The zero-order valence-corrected chi connectivity index (χ0v) is 14.7. The maximum Gasteiger partial charge on any atom is 0.262 e. The molecule has 0 aliphatic carbocycles. The number of nitrogens with one attached hydrogen (secondary N) is 1. The van der Waals surface area contributed by atoms with Crippen LogP contribution in [0.1, 0.15) is 12.8 Å². The summed E-state index contributed by atoms with van der Waals surface area (Å²) in [5.74, 6) is 0.432. The fourth-order valence-electron chi connectivity index (χ4n) is 3.23. The van der Waals surface area contributed by atoms with Crippen LogP contribution in [-0.4, -0.2) is 29.9 Å². The van der Waals surface area contributed by atoms with Crippen LogP contribution in [0.5, 0.6) is 5.75 Å². The minimum atomic E-state index is -0.248. The standard InChI is InChI=1S/C21H19N3O3/c25-20(23-19-7-1-4-15-13-22-10-9-18(15)19)14-27-17-6-2-5-16(12-17)24-11-3-8-21(24)26/h1-2,4-7,9-10,12-13H,3,8,11,14H2,(H,23,25). The van der Waals surface area contributed by atoms with Crippen LogP contribution in [0.2, 0.25) is 0 Å². The number of amides is 2. The Hall–Kier alpha value is -3.41. The molecule has 1 aliphatic rings. The highest BCUT2D eigenvalue weighted by molar-refractivity contribution is 6.02. The van der Waals surface area contributed by atoms with E-state index < -0.39 is 0 Å². The molecule has 4 rings (SSSR count). The monoisotopic (exact) mass is 361 g/mol. The highest BCUT2D eigenvalue weighted by Gasteiger charge is 2.21. The second-order valence-corrected chi connectivity index (χ2v) is 6.39. The van der Waals surface area contributed by atoms with Gasteiger partial charge < -0.3 is 15.0 Å². The predicted molar refractivity (Wildman–Crippen MR) is 104 cm³/mol. The van der Waals surface area contributed by atoms with Gasteiger partial charge in [0.05, 0.1) is 0 Å². The number of hydrogen-bond donors (Lipinski definition) is 1. The predicted octanol–water partition coefficient (Wildman–Crippen LogP) is 3.38. The van der Waals surface area contributed by atoms with E-state index in [0.717, 1.165) is 35.1 Å². The van der Waals surface area contributed by atoms with Gasteiger partial charge in [-0.3, -0.25) is 14.6 Å². The molecular formula is C21H19N3O3. The zero-order chi connectivity index (χ0) is 18.6. The lowest BCUT2D eigenvalue weighted by Crippen LogP contribution is -2.24. The van der Waals surface area contributed by atoms with Gasteiger partial charge in [0.2, 0.25) is 5.91 Å². The number of carbonyl (C=O) groups is 2. The van der Waals surface area contributed by atoms with Crippen LogP contribution in [-0.2, 0) is 9.59 Å². The summed E-state index contributed by atoms with van der Waals surface area (Å²) in [5.41, 5.74) is 1.52. The van der Waals surface area contributed by atoms with Gasteiger partial charge in [-0.15, -0.1) is 0 Å². The van der Waals surface area contributed by atoms with Crippen molar-refractivity contribution in [2.75, 3.05) is 23.4 Å². The Morgan fingerprint density at radius 3 is 2.93 bits per heavy atom. The van der Waals surface area contributed by atoms with E-state index in [1.54, 1.807) is 29.4 Å². The quantitative estimate of drug-likeness (QED) is 0.756. The maximum absolute atomic E-state index is 12.3. The lowest BCUT2D eigenvalue weighted by atomic mass is 10.1. The number of nitrogens with zero attached hydrogens (tertiary/aromatic N) is 2. The minimum absolute atomic E-state index is 0.112. The van der Waals surface area contributed by atoms with Crippen LogP contribution in [0.3, 0.4) is 0 Å². The number of ether oxygens (including phenoxy) is 1. The minimum Gasteiger partial charge on any atom is -0.484 e. The van der Waals surface area contributed by atoms with Crippen LogP contribution >= 0.6 is 0 Å². The van der Waals surface area contributed by atoms with Crippen molar-refractivity contribution in [1.82, 2.24) is 4.98 Å². The first-order chi connectivity index (χ1) is 13.2.